The number of ketones is 2. The van der Waals surface area contributed by atoms with Crippen LogP contribution in [-0.2, 0) is 16.0 Å². The van der Waals surface area contributed by atoms with E-state index in [1.807, 2.05) is 18.2 Å². The molecule has 3 aromatic rings. The molecule has 0 aromatic heterocycles. The first-order chi connectivity index (χ1) is 16.5. The quantitative estimate of drug-likeness (QED) is 0.448. The third-order valence-electron chi connectivity index (χ3n) is 6.44. The highest BCUT2D eigenvalue weighted by atomic mass is 16.5. The lowest BCUT2D eigenvalue weighted by atomic mass is 9.93. The fourth-order valence-corrected chi connectivity index (χ4v) is 4.49. The van der Waals surface area contributed by atoms with Gasteiger partial charge in [0.05, 0.1) is 13.5 Å². The Morgan fingerprint density at radius 1 is 1.00 bits per heavy atom. The molecule has 4 bridgehead atoms. The fourth-order valence-electron chi connectivity index (χ4n) is 4.49. The largest absolute Gasteiger partial charge is 0.504 e. The van der Waals surface area contributed by atoms with Crippen LogP contribution < -0.4 is 4.74 Å². The lowest BCUT2D eigenvalue weighted by Crippen LogP contribution is -2.07. The summed E-state index contributed by atoms with van der Waals surface area (Å²) in [6, 6.07) is 16.1. The van der Waals surface area contributed by atoms with Gasteiger partial charge in [0.2, 0.25) is 0 Å². The number of carbonyl (C=O) groups is 2. The normalized spacial score (nSPS) is 18.9. The van der Waals surface area contributed by atoms with E-state index in [1.165, 1.54) is 13.2 Å². The Morgan fingerprint density at radius 3 is 2.62 bits per heavy atom. The molecule has 0 fully saturated rings. The molecular weight excluding hydrogens is 424 g/mol. The third kappa shape index (κ3) is 5.45. The van der Waals surface area contributed by atoms with E-state index in [9.17, 15) is 14.7 Å². The number of methoxy groups -OCH3 is 1. The molecule has 3 aromatic carbocycles. The number of Topliss-reactive ketones (excluding diaryl/α,β-unsaturated/α-hetero) is 1. The number of benzene rings is 3. The lowest BCUT2D eigenvalue weighted by molar-refractivity contribution is -0.124. The second-order valence-corrected chi connectivity index (χ2v) is 8.90. The number of aromatic hydroxyl groups is 1. The number of phenols is 1. The van der Waals surface area contributed by atoms with Crippen LogP contribution in [0.2, 0.25) is 0 Å². The summed E-state index contributed by atoms with van der Waals surface area (Å²) in [5.74, 6) is 0.448. The van der Waals surface area contributed by atoms with Crippen molar-refractivity contribution in [3.63, 3.8) is 0 Å². The van der Waals surface area contributed by atoms with Gasteiger partial charge in [-0.15, -0.1) is 0 Å². The highest BCUT2D eigenvalue weighted by Gasteiger charge is 2.14. The van der Waals surface area contributed by atoms with Gasteiger partial charge in [-0.05, 0) is 64.4 Å². The number of ether oxygens (including phenoxy) is 1. The number of hydrogen-bond acceptors (Lipinski definition) is 4. The van der Waals surface area contributed by atoms with Gasteiger partial charge in [0.15, 0.2) is 17.3 Å². The van der Waals surface area contributed by atoms with Crippen LogP contribution in [-0.4, -0.2) is 23.8 Å². The Hall–Kier alpha value is -3.66. The van der Waals surface area contributed by atoms with E-state index in [0.717, 1.165) is 40.3 Å². The number of hydrogen-bond donors (Lipinski definition) is 1. The van der Waals surface area contributed by atoms with E-state index in [4.69, 9.17) is 4.74 Å². The maximum Gasteiger partial charge on any atom is 0.163 e. The predicted octanol–water partition coefficient (Wildman–Crippen LogP) is 6.52. The summed E-state index contributed by atoms with van der Waals surface area (Å²) in [6.07, 6.45) is 9.91. The van der Waals surface area contributed by atoms with Crippen molar-refractivity contribution >= 4 is 34.5 Å². The van der Waals surface area contributed by atoms with E-state index in [-0.39, 0.29) is 29.7 Å². The molecule has 4 rings (SSSR count). The first-order valence-electron chi connectivity index (χ1n) is 11.8. The molecule has 4 heteroatoms. The van der Waals surface area contributed by atoms with Crippen molar-refractivity contribution in [2.24, 2.45) is 5.92 Å². The average Bonchev–Trinajstić information content (AvgIpc) is 2.83. The molecule has 1 atom stereocenters. The van der Waals surface area contributed by atoms with Crippen molar-refractivity contribution in [2.75, 3.05) is 7.11 Å². The summed E-state index contributed by atoms with van der Waals surface area (Å²) in [5, 5.41) is 13.1. The molecule has 1 N–H and O–H groups in total. The smallest absolute Gasteiger partial charge is 0.163 e. The zero-order valence-corrected chi connectivity index (χ0v) is 19.7. The second-order valence-electron chi connectivity index (χ2n) is 8.90. The van der Waals surface area contributed by atoms with Gasteiger partial charge in [0.1, 0.15) is 5.78 Å². The minimum Gasteiger partial charge on any atom is -0.504 e. The Labute approximate surface area is 200 Å². The number of fused-ring (bicyclic) bond motifs is 6. The topological polar surface area (TPSA) is 63.6 Å². The number of rotatable bonds is 2. The van der Waals surface area contributed by atoms with Gasteiger partial charge >= 0.3 is 0 Å². The summed E-state index contributed by atoms with van der Waals surface area (Å²) < 4.78 is 5.38. The van der Waals surface area contributed by atoms with Gasteiger partial charge in [-0.1, -0.05) is 61.5 Å². The van der Waals surface area contributed by atoms with Crippen LogP contribution in [0.15, 0.2) is 60.7 Å². The van der Waals surface area contributed by atoms with Crippen LogP contribution >= 0.6 is 0 Å². The second kappa shape index (κ2) is 10.5. The van der Waals surface area contributed by atoms with Crippen molar-refractivity contribution in [1.82, 2.24) is 0 Å². The Bertz CT molecular complexity index is 1280. The highest BCUT2D eigenvalue weighted by Crippen LogP contribution is 2.34. The van der Waals surface area contributed by atoms with Crippen LogP contribution in [0.3, 0.4) is 0 Å². The molecule has 1 aliphatic carbocycles. The molecular formula is C30H30O4. The first kappa shape index (κ1) is 23.5. The van der Waals surface area contributed by atoms with E-state index >= 15 is 0 Å². The van der Waals surface area contributed by atoms with Gasteiger partial charge in [0.25, 0.3) is 0 Å². The lowest BCUT2D eigenvalue weighted by Gasteiger charge is -2.13. The summed E-state index contributed by atoms with van der Waals surface area (Å²) in [6.45, 7) is 2.12. The van der Waals surface area contributed by atoms with Crippen LogP contribution in [0, 0.1) is 5.92 Å². The van der Waals surface area contributed by atoms with Crippen molar-refractivity contribution in [1.29, 1.82) is 0 Å². The molecule has 0 saturated heterocycles. The van der Waals surface area contributed by atoms with Crippen LogP contribution in [0.5, 0.6) is 11.5 Å². The SMILES string of the molecule is CC[C@H]1/C=C/c2cc(cc3ccccc23)Cc2cc(cc(OC)c2O)/C=C/C(=O)CC(=O)CC1. The van der Waals surface area contributed by atoms with Crippen molar-refractivity contribution < 1.29 is 19.4 Å². The number of carbonyl (C=O) groups excluding carboxylic acids is 2. The fraction of sp³-hybridized carbons (Fsp3) is 0.267. The minimum atomic E-state index is -0.218. The molecule has 0 amide bonds. The Balaban J connectivity index is 1.85. The van der Waals surface area contributed by atoms with Crippen molar-refractivity contribution in [2.45, 2.75) is 39.0 Å². The van der Waals surface area contributed by atoms with Gasteiger partial charge in [-0.25, -0.2) is 0 Å². The molecule has 0 radical (unpaired) electrons. The molecule has 0 saturated carbocycles. The van der Waals surface area contributed by atoms with Crippen molar-refractivity contribution in [3.05, 3.63) is 82.9 Å². The average molecular weight is 455 g/mol. The van der Waals surface area contributed by atoms with Crippen LogP contribution in [0.1, 0.15) is 54.9 Å². The maximum absolute atomic E-state index is 12.4. The predicted molar refractivity (Wildman–Crippen MR) is 137 cm³/mol. The van der Waals surface area contributed by atoms with Crippen molar-refractivity contribution in [3.8, 4) is 11.5 Å². The Kier molecular flexibility index (Phi) is 7.27. The number of phenolic OH excluding ortho intramolecular Hbond substituents is 1. The molecule has 0 spiro atoms. The molecule has 4 nitrogen and oxygen atoms in total. The number of allylic oxidation sites excluding steroid dienone is 2. The third-order valence-corrected chi connectivity index (χ3v) is 6.44. The van der Waals surface area contributed by atoms with Crippen LogP contribution in [0.25, 0.3) is 22.9 Å². The molecule has 1 aliphatic rings. The standard InChI is InChI=1S/C30H30O4/c1-3-20-8-11-24-16-22(15-23-6-4-5-7-28(23)24)17-25-14-21(18-29(34-2)30(25)33)10-13-27(32)19-26(31)12-9-20/h4-8,10-11,13-16,18,20,33H,3,9,12,17,19H2,1-2H3/b11-8+,13-10+/t20-/m0/s1. The van der Waals surface area contributed by atoms with E-state index < -0.39 is 0 Å². The van der Waals surface area contributed by atoms with E-state index in [0.29, 0.717) is 24.2 Å². The molecule has 174 valence electrons. The van der Waals surface area contributed by atoms with Gasteiger partial charge in [0, 0.05) is 18.4 Å². The molecule has 0 unspecified atom stereocenters. The monoisotopic (exact) mass is 454 g/mol. The summed E-state index contributed by atoms with van der Waals surface area (Å²) in [5.41, 5.74) is 3.63. The van der Waals surface area contributed by atoms with Crippen LogP contribution in [0.4, 0.5) is 0 Å². The van der Waals surface area contributed by atoms with Gasteiger partial charge in [-0.2, -0.15) is 0 Å². The van der Waals surface area contributed by atoms with Gasteiger partial charge < -0.3 is 9.84 Å². The molecule has 0 heterocycles. The van der Waals surface area contributed by atoms with E-state index in [2.05, 4.69) is 43.3 Å². The summed E-state index contributed by atoms with van der Waals surface area (Å²) in [7, 11) is 1.51. The summed E-state index contributed by atoms with van der Waals surface area (Å²) in [4.78, 5) is 24.8. The van der Waals surface area contributed by atoms with E-state index in [1.54, 1.807) is 12.1 Å². The highest BCUT2D eigenvalue weighted by molar-refractivity contribution is 6.06. The van der Waals surface area contributed by atoms with Gasteiger partial charge in [-0.3, -0.25) is 9.59 Å². The minimum absolute atomic E-state index is 0.0396. The summed E-state index contributed by atoms with van der Waals surface area (Å²) >= 11 is 0. The molecule has 34 heavy (non-hydrogen) atoms. The Morgan fingerprint density at radius 2 is 1.82 bits per heavy atom. The zero-order valence-electron chi connectivity index (χ0n) is 19.7. The zero-order chi connectivity index (χ0) is 24.1. The first-order valence-corrected chi connectivity index (χ1v) is 11.8. The maximum atomic E-state index is 12.4. The molecule has 0 aliphatic heterocycles.